The zero-order chi connectivity index (χ0) is 23.1. The van der Waals surface area contributed by atoms with Crippen LogP contribution >= 0.6 is 0 Å². The van der Waals surface area contributed by atoms with E-state index in [2.05, 4.69) is 20.8 Å². The van der Waals surface area contributed by atoms with Gasteiger partial charge in [0.25, 0.3) is 0 Å². The molecule has 0 bridgehead atoms. The van der Waals surface area contributed by atoms with Crippen LogP contribution in [-0.4, -0.2) is 69.1 Å². The van der Waals surface area contributed by atoms with E-state index >= 15 is 0 Å². The van der Waals surface area contributed by atoms with Crippen LogP contribution in [0.1, 0.15) is 25.2 Å². The second-order valence-electron chi connectivity index (χ2n) is 7.86. The Hall–Kier alpha value is -3.30. The molecule has 1 heterocycles. The maximum absolute atomic E-state index is 12.5. The third kappa shape index (κ3) is 6.12. The van der Waals surface area contributed by atoms with E-state index in [9.17, 15) is 4.79 Å². The minimum absolute atomic E-state index is 0.0686. The molecule has 3 rings (SSSR count). The smallest absolute Gasteiger partial charge is 0.410 e. The number of hydrogen-bond acceptors (Lipinski definition) is 7. The molecule has 2 aromatic carbocycles. The fraction of sp³-hybridized carbons (Fsp3) is 0.391. The Labute approximate surface area is 188 Å². The molecular formula is C23H30N6O3. The van der Waals surface area contributed by atoms with E-state index in [1.54, 1.807) is 10.7 Å². The second kappa shape index (κ2) is 10.8. The Bertz CT molecular complexity index is 1030. The number of rotatable bonds is 9. The summed E-state index contributed by atoms with van der Waals surface area (Å²) in [6, 6.07) is 13.5. The molecule has 0 aliphatic heterocycles. The molecule has 0 radical (unpaired) electrons. The molecule has 0 saturated heterocycles. The van der Waals surface area contributed by atoms with Crippen molar-refractivity contribution in [2.24, 2.45) is 0 Å². The normalized spacial score (nSPS) is 12.1. The molecule has 0 aliphatic rings. The molecule has 170 valence electrons. The standard InChI is InChI=1S/C23H30N6O3/c1-5-22-25-26-27-29(22)20-12-19(18-8-6-16(2)7-9-18)13-21(14-20)32-23(31)24-17(3)15-28(4)10-11-30/h6-9,12-14,17,30H,5,10-11,15H2,1-4H3,(H,24,31)/t17-/m1/s1. The number of nitrogens with zero attached hydrogens (tertiary/aromatic N) is 5. The van der Waals surface area contributed by atoms with Gasteiger partial charge in [-0.15, -0.1) is 5.10 Å². The number of tetrazole rings is 1. The van der Waals surface area contributed by atoms with Crippen molar-refractivity contribution in [3.05, 3.63) is 53.9 Å². The molecule has 0 saturated carbocycles. The molecule has 1 amide bonds. The van der Waals surface area contributed by atoms with Gasteiger partial charge in [-0.3, -0.25) is 0 Å². The minimum Gasteiger partial charge on any atom is -0.410 e. The zero-order valence-electron chi connectivity index (χ0n) is 18.9. The first kappa shape index (κ1) is 23.4. The molecule has 9 heteroatoms. The third-order valence-corrected chi connectivity index (χ3v) is 5.01. The fourth-order valence-electron chi connectivity index (χ4n) is 3.42. The summed E-state index contributed by atoms with van der Waals surface area (Å²) < 4.78 is 7.27. The predicted octanol–water partition coefficient (Wildman–Crippen LogP) is 2.60. The van der Waals surface area contributed by atoms with Crippen LogP contribution in [0.2, 0.25) is 0 Å². The largest absolute Gasteiger partial charge is 0.412 e. The predicted molar refractivity (Wildman–Crippen MR) is 122 cm³/mol. The lowest BCUT2D eigenvalue weighted by Crippen LogP contribution is -2.42. The van der Waals surface area contributed by atoms with Crippen LogP contribution in [0.15, 0.2) is 42.5 Å². The van der Waals surface area contributed by atoms with Crippen molar-refractivity contribution < 1.29 is 14.6 Å². The first-order chi connectivity index (χ1) is 15.4. The number of hydrogen-bond donors (Lipinski definition) is 2. The van der Waals surface area contributed by atoms with Gasteiger partial charge in [-0.25, -0.2) is 4.79 Å². The highest BCUT2D eigenvalue weighted by Crippen LogP contribution is 2.28. The van der Waals surface area contributed by atoms with E-state index in [0.29, 0.717) is 36.8 Å². The number of likely N-dealkylation sites (N-methyl/N-ethyl adjacent to an activating group) is 1. The fourth-order valence-corrected chi connectivity index (χ4v) is 3.42. The molecule has 0 spiro atoms. The molecule has 1 aromatic heterocycles. The van der Waals surface area contributed by atoms with Gasteiger partial charge < -0.3 is 20.1 Å². The van der Waals surface area contributed by atoms with Gasteiger partial charge in [-0.05, 0) is 54.6 Å². The third-order valence-electron chi connectivity index (χ3n) is 5.01. The van der Waals surface area contributed by atoms with Gasteiger partial charge in [0.1, 0.15) is 5.75 Å². The number of aryl methyl sites for hydroxylation is 2. The van der Waals surface area contributed by atoms with Crippen LogP contribution in [-0.2, 0) is 6.42 Å². The summed E-state index contributed by atoms with van der Waals surface area (Å²) in [4.78, 5) is 14.5. The van der Waals surface area contributed by atoms with Gasteiger partial charge in [0.05, 0.1) is 12.3 Å². The van der Waals surface area contributed by atoms with Crippen LogP contribution < -0.4 is 10.1 Å². The van der Waals surface area contributed by atoms with Crippen LogP contribution in [0.25, 0.3) is 16.8 Å². The Kier molecular flexibility index (Phi) is 7.91. The van der Waals surface area contributed by atoms with E-state index in [0.717, 1.165) is 16.7 Å². The number of ether oxygens (including phenoxy) is 1. The number of aromatic nitrogens is 4. The van der Waals surface area contributed by atoms with Crippen molar-refractivity contribution >= 4 is 6.09 Å². The van der Waals surface area contributed by atoms with E-state index < -0.39 is 6.09 Å². The summed E-state index contributed by atoms with van der Waals surface area (Å²) in [5.41, 5.74) is 3.75. The molecule has 0 unspecified atom stereocenters. The lowest BCUT2D eigenvalue weighted by Gasteiger charge is -2.21. The Morgan fingerprint density at radius 2 is 1.97 bits per heavy atom. The summed E-state index contributed by atoms with van der Waals surface area (Å²) in [6.45, 7) is 7.10. The van der Waals surface area contributed by atoms with Crippen molar-refractivity contribution in [3.63, 3.8) is 0 Å². The van der Waals surface area contributed by atoms with Crippen molar-refractivity contribution in [2.45, 2.75) is 33.2 Å². The number of carbonyl (C=O) groups excluding carboxylic acids is 1. The maximum Gasteiger partial charge on any atom is 0.412 e. The van der Waals surface area contributed by atoms with E-state index in [1.165, 1.54) is 0 Å². The highest BCUT2D eigenvalue weighted by molar-refractivity contribution is 5.74. The van der Waals surface area contributed by atoms with E-state index in [-0.39, 0.29) is 12.6 Å². The van der Waals surface area contributed by atoms with Gasteiger partial charge in [-0.1, -0.05) is 36.8 Å². The molecule has 3 aromatic rings. The van der Waals surface area contributed by atoms with E-state index in [4.69, 9.17) is 9.84 Å². The van der Waals surface area contributed by atoms with Gasteiger partial charge in [0.15, 0.2) is 5.82 Å². The maximum atomic E-state index is 12.5. The van der Waals surface area contributed by atoms with E-state index in [1.807, 2.05) is 69.1 Å². The van der Waals surface area contributed by atoms with Gasteiger partial charge in [0.2, 0.25) is 0 Å². The van der Waals surface area contributed by atoms with Crippen molar-refractivity contribution in [1.29, 1.82) is 0 Å². The van der Waals surface area contributed by atoms with Crippen LogP contribution in [0, 0.1) is 6.92 Å². The quantitative estimate of drug-likeness (QED) is 0.529. The first-order valence-electron chi connectivity index (χ1n) is 10.7. The molecule has 2 N–H and O–H groups in total. The Balaban J connectivity index is 1.86. The summed E-state index contributed by atoms with van der Waals surface area (Å²) >= 11 is 0. The molecule has 32 heavy (non-hydrogen) atoms. The van der Waals surface area contributed by atoms with Crippen molar-refractivity contribution in [2.75, 3.05) is 26.7 Å². The summed E-state index contributed by atoms with van der Waals surface area (Å²) in [6.07, 6.45) is 0.117. The van der Waals surface area contributed by atoms with Crippen LogP contribution in [0.5, 0.6) is 5.75 Å². The minimum atomic E-state index is -0.547. The summed E-state index contributed by atoms with van der Waals surface area (Å²) in [5, 5.41) is 23.8. The highest BCUT2D eigenvalue weighted by Gasteiger charge is 2.15. The second-order valence-corrected chi connectivity index (χ2v) is 7.86. The number of aliphatic hydroxyl groups excluding tert-OH is 1. The summed E-state index contributed by atoms with van der Waals surface area (Å²) in [5.74, 6) is 1.10. The number of nitrogens with one attached hydrogen (secondary N) is 1. The number of aliphatic hydroxyl groups is 1. The van der Waals surface area contributed by atoms with Crippen molar-refractivity contribution in [1.82, 2.24) is 30.4 Å². The van der Waals surface area contributed by atoms with Crippen molar-refractivity contribution in [3.8, 4) is 22.6 Å². The zero-order valence-corrected chi connectivity index (χ0v) is 18.9. The van der Waals surface area contributed by atoms with Crippen LogP contribution in [0.3, 0.4) is 0 Å². The lowest BCUT2D eigenvalue weighted by atomic mass is 10.0. The first-order valence-corrected chi connectivity index (χ1v) is 10.7. The average Bonchev–Trinajstić information content (AvgIpc) is 3.23. The number of benzene rings is 2. The molecule has 0 aliphatic carbocycles. The SMILES string of the molecule is CCc1nnnn1-c1cc(OC(=O)N[C@H](C)CN(C)CCO)cc(-c2ccc(C)cc2)c1. The molecule has 0 fully saturated rings. The van der Waals surface area contributed by atoms with Gasteiger partial charge in [0, 0.05) is 31.6 Å². The molecular weight excluding hydrogens is 408 g/mol. The van der Waals surface area contributed by atoms with Crippen LogP contribution in [0.4, 0.5) is 4.79 Å². The Morgan fingerprint density at radius 3 is 2.66 bits per heavy atom. The highest BCUT2D eigenvalue weighted by atomic mass is 16.6. The topological polar surface area (TPSA) is 105 Å². The average molecular weight is 439 g/mol. The number of carbonyl (C=O) groups is 1. The summed E-state index contributed by atoms with van der Waals surface area (Å²) in [7, 11) is 1.88. The molecule has 9 nitrogen and oxygen atoms in total. The lowest BCUT2D eigenvalue weighted by molar-refractivity contribution is 0.186. The monoisotopic (exact) mass is 438 g/mol. The number of amides is 1. The molecule has 1 atom stereocenters. The van der Waals surface area contributed by atoms with Gasteiger partial charge >= 0.3 is 6.09 Å². The Morgan fingerprint density at radius 1 is 1.22 bits per heavy atom. The van der Waals surface area contributed by atoms with Gasteiger partial charge in [-0.2, -0.15) is 4.68 Å².